The van der Waals surface area contributed by atoms with Gasteiger partial charge in [0, 0.05) is 19.0 Å². The van der Waals surface area contributed by atoms with Gasteiger partial charge in [-0.05, 0) is 30.0 Å². The fraction of sp³-hybridized carbons (Fsp3) is 0.300. The summed E-state index contributed by atoms with van der Waals surface area (Å²) in [6, 6.07) is 3.89. The molecular weight excluding hydrogens is 287 g/mol. The maximum absolute atomic E-state index is 12.2. The van der Waals surface area contributed by atoms with Crippen LogP contribution >= 0.6 is 23.4 Å². The molecule has 2 N–H and O–H groups in total. The minimum Gasteiger partial charge on any atom is -0.370 e. The largest absolute Gasteiger partial charge is 0.446 e. The molecule has 0 amide bonds. The molecular formula is C10H11ClF3N3S. The fourth-order valence-electron chi connectivity index (χ4n) is 0.999. The van der Waals surface area contributed by atoms with E-state index in [0.29, 0.717) is 0 Å². The Morgan fingerprint density at radius 1 is 1.39 bits per heavy atom. The van der Waals surface area contributed by atoms with E-state index in [2.05, 4.69) is 4.99 Å². The number of rotatable bonds is 2. The second-order valence-electron chi connectivity index (χ2n) is 3.53. The Bertz CT molecular complexity index is 460. The summed E-state index contributed by atoms with van der Waals surface area (Å²) in [5, 5.41) is 0.242. The van der Waals surface area contributed by atoms with Gasteiger partial charge in [0.15, 0.2) is 5.96 Å². The number of thioether (sulfide) groups is 1. The molecule has 0 spiro atoms. The third-order valence-corrected chi connectivity index (χ3v) is 2.89. The SMILES string of the molecule is CN(C)C(N)=Nc1cc(SC(F)(F)F)ccc1Cl. The maximum atomic E-state index is 12.2. The predicted molar refractivity (Wildman–Crippen MR) is 68.3 cm³/mol. The summed E-state index contributed by atoms with van der Waals surface area (Å²) in [7, 11) is 3.34. The first-order chi connectivity index (χ1) is 8.19. The molecule has 100 valence electrons. The number of hydrogen-bond acceptors (Lipinski definition) is 2. The summed E-state index contributed by atoms with van der Waals surface area (Å²) < 4.78 is 36.7. The summed E-state index contributed by atoms with van der Waals surface area (Å²) >= 11 is 5.62. The van der Waals surface area contributed by atoms with Crippen LogP contribution in [0.25, 0.3) is 0 Å². The highest BCUT2D eigenvalue weighted by atomic mass is 35.5. The Balaban J connectivity index is 3.06. The van der Waals surface area contributed by atoms with Gasteiger partial charge in [0.2, 0.25) is 0 Å². The zero-order chi connectivity index (χ0) is 13.9. The van der Waals surface area contributed by atoms with E-state index in [1.165, 1.54) is 23.1 Å². The van der Waals surface area contributed by atoms with Crippen LogP contribution in [-0.2, 0) is 0 Å². The molecule has 3 nitrogen and oxygen atoms in total. The summed E-state index contributed by atoms with van der Waals surface area (Å²) in [6.45, 7) is 0. The lowest BCUT2D eigenvalue weighted by atomic mass is 10.3. The number of hydrogen-bond donors (Lipinski definition) is 1. The lowest BCUT2D eigenvalue weighted by Crippen LogP contribution is -2.29. The van der Waals surface area contributed by atoms with Crippen LogP contribution in [0.3, 0.4) is 0 Å². The molecule has 0 atom stereocenters. The zero-order valence-corrected chi connectivity index (χ0v) is 11.2. The Morgan fingerprint density at radius 3 is 2.50 bits per heavy atom. The molecule has 0 radical (unpaired) electrons. The molecule has 0 unspecified atom stereocenters. The van der Waals surface area contributed by atoms with Crippen molar-refractivity contribution in [2.75, 3.05) is 14.1 Å². The Morgan fingerprint density at radius 2 is 2.00 bits per heavy atom. The molecule has 0 aliphatic carbocycles. The van der Waals surface area contributed by atoms with Crippen molar-refractivity contribution in [3.63, 3.8) is 0 Å². The molecule has 1 rings (SSSR count). The van der Waals surface area contributed by atoms with E-state index < -0.39 is 5.51 Å². The molecule has 0 saturated carbocycles. The van der Waals surface area contributed by atoms with Gasteiger partial charge in [-0.3, -0.25) is 0 Å². The topological polar surface area (TPSA) is 41.6 Å². The molecule has 0 saturated heterocycles. The van der Waals surface area contributed by atoms with Crippen molar-refractivity contribution in [1.82, 2.24) is 4.90 Å². The fourth-order valence-corrected chi connectivity index (χ4v) is 1.73. The molecule has 1 aromatic rings. The van der Waals surface area contributed by atoms with E-state index in [-0.39, 0.29) is 33.3 Å². The second kappa shape index (κ2) is 5.71. The standard InChI is InChI=1S/C10H11ClF3N3S/c1-17(2)9(15)16-8-5-6(3-4-7(8)11)18-10(12,13)14/h3-5H,1-2H3,(H2,15,16). The van der Waals surface area contributed by atoms with Crippen LogP contribution in [0.4, 0.5) is 18.9 Å². The van der Waals surface area contributed by atoms with Crippen molar-refractivity contribution < 1.29 is 13.2 Å². The number of benzene rings is 1. The third kappa shape index (κ3) is 4.66. The second-order valence-corrected chi connectivity index (χ2v) is 5.07. The van der Waals surface area contributed by atoms with Crippen LogP contribution in [0.1, 0.15) is 0 Å². The Labute approximate surface area is 112 Å². The van der Waals surface area contributed by atoms with E-state index in [9.17, 15) is 13.2 Å². The average molecular weight is 298 g/mol. The smallest absolute Gasteiger partial charge is 0.370 e. The van der Waals surface area contributed by atoms with Crippen molar-refractivity contribution in [2.45, 2.75) is 10.4 Å². The molecule has 0 aliphatic heterocycles. The van der Waals surface area contributed by atoms with Crippen molar-refractivity contribution in [3.8, 4) is 0 Å². The highest BCUT2D eigenvalue weighted by Crippen LogP contribution is 2.39. The van der Waals surface area contributed by atoms with E-state index in [4.69, 9.17) is 17.3 Å². The summed E-state index contributed by atoms with van der Waals surface area (Å²) in [5.74, 6) is 0.158. The van der Waals surface area contributed by atoms with Crippen LogP contribution in [0, 0.1) is 0 Å². The first kappa shape index (κ1) is 15.0. The van der Waals surface area contributed by atoms with Crippen LogP contribution < -0.4 is 5.73 Å². The van der Waals surface area contributed by atoms with E-state index in [0.717, 1.165) is 0 Å². The summed E-state index contributed by atoms with van der Waals surface area (Å²) in [4.78, 5) is 5.50. The van der Waals surface area contributed by atoms with Crippen LogP contribution in [0.15, 0.2) is 28.1 Å². The molecule has 0 aromatic heterocycles. The zero-order valence-electron chi connectivity index (χ0n) is 9.62. The third-order valence-electron chi connectivity index (χ3n) is 1.84. The number of aliphatic imine (C=N–C) groups is 1. The van der Waals surface area contributed by atoms with Crippen LogP contribution in [0.2, 0.25) is 5.02 Å². The monoisotopic (exact) mass is 297 g/mol. The highest BCUT2D eigenvalue weighted by molar-refractivity contribution is 8.00. The van der Waals surface area contributed by atoms with Gasteiger partial charge in [-0.2, -0.15) is 13.2 Å². The van der Waals surface area contributed by atoms with Crippen molar-refractivity contribution in [3.05, 3.63) is 23.2 Å². The molecule has 18 heavy (non-hydrogen) atoms. The maximum Gasteiger partial charge on any atom is 0.446 e. The number of nitrogens with zero attached hydrogens (tertiary/aromatic N) is 2. The Hall–Kier alpha value is -1.08. The van der Waals surface area contributed by atoms with E-state index in [1.54, 1.807) is 14.1 Å². The lowest BCUT2D eigenvalue weighted by Gasteiger charge is -2.11. The first-order valence-corrected chi connectivity index (χ1v) is 5.95. The molecule has 0 aliphatic rings. The van der Waals surface area contributed by atoms with Crippen molar-refractivity contribution in [2.24, 2.45) is 10.7 Å². The van der Waals surface area contributed by atoms with Gasteiger partial charge in [0.1, 0.15) is 0 Å². The molecule has 0 fully saturated rings. The van der Waals surface area contributed by atoms with Gasteiger partial charge in [-0.15, -0.1) is 0 Å². The first-order valence-electron chi connectivity index (χ1n) is 4.76. The summed E-state index contributed by atoms with van der Waals surface area (Å²) in [5.41, 5.74) is 1.44. The van der Waals surface area contributed by atoms with E-state index in [1.807, 2.05) is 0 Å². The van der Waals surface area contributed by atoms with Crippen molar-refractivity contribution in [1.29, 1.82) is 0 Å². The average Bonchev–Trinajstić information content (AvgIpc) is 2.20. The highest BCUT2D eigenvalue weighted by Gasteiger charge is 2.29. The van der Waals surface area contributed by atoms with E-state index >= 15 is 0 Å². The lowest BCUT2D eigenvalue weighted by molar-refractivity contribution is -0.0328. The predicted octanol–water partition coefficient (Wildman–Crippen LogP) is 3.46. The van der Waals surface area contributed by atoms with Crippen molar-refractivity contribution >= 4 is 35.0 Å². The van der Waals surface area contributed by atoms with Crippen LogP contribution in [0.5, 0.6) is 0 Å². The molecule has 1 aromatic carbocycles. The van der Waals surface area contributed by atoms with Crippen LogP contribution in [-0.4, -0.2) is 30.5 Å². The van der Waals surface area contributed by atoms with Gasteiger partial charge in [0.25, 0.3) is 0 Å². The summed E-state index contributed by atoms with van der Waals surface area (Å²) in [6.07, 6.45) is 0. The number of nitrogens with two attached hydrogens (primary N) is 1. The van der Waals surface area contributed by atoms with Gasteiger partial charge < -0.3 is 10.6 Å². The number of guanidine groups is 1. The number of halogens is 4. The quantitative estimate of drug-likeness (QED) is 0.516. The van der Waals surface area contributed by atoms with Gasteiger partial charge in [-0.1, -0.05) is 11.6 Å². The minimum absolute atomic E-state index is 0.0113. The Kier molecular flexibility index (Phi) is 4.75. The molecule has 8 heteroatoms. The minimum atomic E-state index is -4.35. The van der Waals surface area contributed by atoms with Gasteiger partial charge in [0.05, 0.1) is 10.7 Å². The van der Waals surface area contributed by atoms with Gasteiger partial charge in [-0.25, -0.2) is 4.99 Å². The normalized spacial score (nSPS) is 12.7. The number of alkyl halides is 3. The molecule has 0 bridgehead atoms. The molecule has 0 heterocycles. The van der Waals surface area contributed by atoms with Gasteiger partial charge >= 0.3 is 5.51 Å².